The zero-order valence-corrected chi connectivity index (χ0v) is 23.5. The first-order valence-corrected chi connectivity index (χ1v) is 14.0. The van der Waals surface area contributed by atoms with E-state index in [0.717, 1.165) is 36.9 Å². The molecule has 1 saturated carbocycles. The highest BCUT2D eigenvalue weighted by Gasteiger charge is 2.42. The Hall–Kier alpha value is -2.90. The first kappa shape index (κ1) is 28.1. The lowest BCUT2D eigenvalue weighted by Crippen LogP contribution is -2.49. The molecular formula is C30H43N3O5. The van der Waals surface area contributed by atoms with Crippen LogP contribution in [-0.4, -0.2) is 60.4 Å². The van der Waals surface area contributed by atoms with Crippen LogP contribution in [0.2, 0.25) is 0 Å². The predicted molar refractivity (Wildman–Crippen MR) is 145 cm³/mol. The summed E-state index contributed by atoms with van der Waals surface area (Å²) in [5.74, 6) is -0.577. The maximum absolute atomic E-state index is 13.3. The number of hydrogen-bond donors (Lipinski definition) is 1. The van der Waals surface area contributed by atoms with E-state index in [2.05, 4.69) is 17.3 Å². The molecule has 3 fully saturated rings. The number of piperidine rings is 2. The highest BCUT2D eigenvalue weighted by atomic mass is 16.6. The number of nitrogens with one attached hydrogen (secondary N) is 1. The van der Waals surface area contributed by atoms with E-state index in [-0.39, 0.29) is 35.5 Å². The Morgan fingerprint density at radius 3 is 2.16 bits per heavy atom. The molecule has 0 radical (unpaired) electrons. The number of hydrogen-bond acceptors (Lipinski definition) is 6. The fourth-order valence-electron chi connectivity index (χ4n) is 5.96. The van der Waals surface area contributed by atoms with Crippen molar-refractivity contribution in [3.63, 3.8) is 0 Å². The molecule has 4 rings (SSSR count). The third-order valence-corrected chi connectivity index (χ3v) is 8.61. The number of carbonyl (C=O) groups is 4. The van der Waals surface area contributed by atoms with E-state index in [1.807, 2.05) is 56.9 Å². The fraction of sp³-hybridized carbons (Fsp3) is 0.667. The van der Waals surface area contributed by atoms with Crippen LogP contribution < -0.4 is 10.2 Å². The summed E-state index contributed by atoms with van der Waals surface area (Å²) in [6.07, 6.45) is 5.83. The van der Waals surface area contributed by atoms with Gasteiger partial charge in [0, 0.05) is 44.2 Å². The Morgan fingerprint density at radius 1 is 1.00 bits per heavy atom. The van der Waals surface area contributed by atoms with Crippen molar-refractivity contribution >= 4 is 29.4 Å². The number of rotatable bonds is 5. The highest BCUT2D eigenvalue weighted by molar-refractivity contribution is 6.00. The van der Waals surface area contributed by atoms with E-state index in [9.17, 15) is 19.2 Å². The third kappa shape index (κ3) is 6.38. The Bertz CT molecular complexity index is 1040. The summed E-state index contributed by atoms with van der Waals surface area (Å²) < 4.78 is 5.63. The standard InChI is InChI=1S/C30H43N3O5/c1-29(2,3)38-28(37)30(4)16-18-33(19-17-30)27(36)21-8-12-23(13-9-21)32(5)22-10-6-20(7-11-22)24-14-15-25(34)31-26(24)35/h6-7,10-11,21,23-24H,8-9,12-19H2,1-5H3,(H,31,34,35)/t21-,23-,24?. The first-order valence-electron chi connectivity index (χ1n) is 14.0. The van der Waals surface area contributed by atoms with Gasteiger partial charge in [-0.25, -0.2) is 0 Å². The van der Waals surface area contributed by atoms with Gasteiger partial charge in [0.15, 0.2) is 0 Å². The van der Waals surface area contributed by atoms with Crippen molar-refractivity contribution in [1.29, 1.82) is 0 Å². The van der Waals surface area contributed by atoms with Gasteiger partial charge in [-0.05, 0) is 90.3 Å². The molecule has 1 aromatic rings. The van der Waals surface area contributed by atoms with Gasteiger partial charge in [-0.3, -0.25) is 24.5 Å². The number of esters is 1. The van der Waals surface area contributed by atoms with Crippen LogP contribution in [0.15, 0.2) is 24.3 Å². The van der Waals surface area contributed by atoms with Gasteiger partial charge in [-0.15, -0.1) is 0 Å². The summed E-state index contributed by atoms with van der Waals surface area (Å²) in [6.45, 7) is 8.83. The number of anilines is 1. The lowest BCUT2D eigenvalue weighted by molar-refractivity contribution is -0.170. The SMILES string of the molecule is CN(c1ccc(C2CCC(=O)NC2=O)cc1)[C@H]1CC[C@H](C(=O)N2CCC(C)(C(=O)OC(C)(C)C)CC2)CC1. The molecule has 2 saturated heterocycles. The smallest absolute Gasteiger partial charge is 0.312 e. The number of carbonyl (C=O) groups excluding carboxylic acids is 4. The van der Waals surface area contributed by atoms with Gasteiger partial charge < -0.3 is 14.5 Å². The number of benzene rings is 1. The maximum atomic E-state index is 13.3. The largest absolute Gasteiger partial charge is 0.460 e. The van der Waals surface area contributed by atoms with Crippen molar-refractivity contribution < 1.29 is 23.9 Å². The van der Waals surface area contributed by atoms with Gasteiger partial charge in [-0.1, -0.05) is 12.1 Å². The minimum Gasteiger partial charge on any atom is -0.460 e. The average molecular weight is 526 g/mol. The molecule has 0 bridgehead atoms. The van der Waals surface area contributed by atoms with Crippen LogP contribution in [0.3, 0.4) is 0 Å². The molecule has 8 heteroatoms. The van der Waals surface area contributed by atoms with Crippen molar-refractivity contribution in [3.8, 4) is 0 Å². The van der Waals surface area contributed by atoms with Crippen LogP contribution in [0.4, 0.5) is 5.69 Å². The van der Waals surface area contributed by atoms with Gasteiger partial charge in [0.2, 0.25) is 17.7 Å². The van der Waals surface area contributed by atoms with Crippen LogP contribution in [0.1, 0.15) is 90.5 Å². The van der Waals surface area contributed by atoms with Gasteiger partial charge in [0.25, 0.3) is 0 Å². The molecule has 2 aliphatic heterocycles. The molecular weight excluding hydrogens is 482 g/mol. The number of amides is 3. The van der Waals surface area contributed by atoms with Crippen molar-refractivity contribution in [2.75, 3.05) is 25.0 Å². The normalized spacial score (nSPS) is 25.9. The molecule has 0 aromatic heterocycles. The summed E-state index contributed by atoms with van der Waals surface area (Å²) in [4.78, 5) is 53.8. The predicted octanol–water partition coefficient (Wildman–Crippen LogP) is 4.17. The zero-order chi connectivity index (χ0) is 27.7. The second kappa shape index (κ2) is 11.1. The molecule has 8 nitrogen and oxygen atoms in total. The van der Waals surface area contributed by atoms with Crippen molar-refractivity contribution in [2.45, 2.75) is 96.6 Å². The van der Waals surface area contributed by atoms with Crippen LogP contribution in [0.5, 0.6) is 0 Å². The van der Waals surface area contributed by atoms with Crippen LogP contribution in [-0.2, 0) is 23.9 Å². The van der Waals surface area contributed by atoms with Crippen molar-refractivity contribution in [2.24, 2.45) is 11.3 Å². The highest BCUT2D eigenvalue weighted by Crippen LogP contribution is 2.36. The summed E-state index contributed by atoms with van der Waals surface area (Å²) in [5.41, 5.74) is 0.992. The maximum Gasteiger partial charge on any atom is 0.312 e. The summed E-state index contributed by atoms with van der Waals surface area (Å²) >= 11 is 0. The fourth-order valence-corrected chi connectivity index (χ4v) is 5.96. The molecule has 0 spiro atoms. The Kier molecular flexibility index (Phi) is 8.19. The molecule has 38 heavy (non-hydrogen) atoms. The lowest BCUT2D eigenvalue weighted by Gasteiger charge is -2.41. The van der Waals surface area contributed by atoms with E-state index in [1.54, 1.807) is 0 Å². The van der Waals surface area contributed by atoms with Crippen molar-refractivity contribution in [1.82, 2.24) is 10.2 Å². The van der Waals surface area contributed by atoms with Gasteiger partial charge in [0.05, 0.1) is 11.3 Å². The molecule has 1 aromatic carbocycles. The molecule has 208 valence electrons. The van der Waals surface area contributed by atoms with Crippen LogP contribution in [0.25, 0.3) is 0 Å². The van der Waals surface area contributed by atoms with E-state index in [4.69, 9.17) is 4.74 Å². The molecule has 1 unspecified atom stereocenters. The molecule has 3 aliphatic rings. The second-order valence-corrected chi connectivity index (χ2v) is 12.6. The topological polar surface area (TPSA) is 96.0 Å². The number of nitrogens with zero attached hydrogens (tertiary/aromatic N) is 2. The third-order valence-electron chi connectivity index (χ3n) is 8.61. The number of ether oxygens (including phenoxy) is 1. The van der Waals surface area contributed by atoms with Gasteiger partial charge in [0.1, 0.15) is 5.60 Å². The Balaban J connectivity index is 1.26. The lowest BCUT2D eigenvalue weighted by atomic mass is 9.79. The Labute approximate surface area is 226 Å². The van der Waals surface area contributed by atoms with E-state index in [0.29, 0.717) is 44.8 Å². The number of likely N-dealkylation sites (tertiary alicyclic amines) is 1. The van der Waals surface area contributed by atoms with Gasteiger partial charge >= 0.3 is 5.97 Å². The minimum absolute atomic E-state index is 0.0421. The second-order valence-electron chi connectivity index (χ2n) is 12.6. The molecule has 2 heterocycles. The minimum atomic E-state index is -0.530. The monoisotopic (exact) mass is 525 g/mol. The molecule has 1 atom stereocenters. The summed E-state index contributed by atoms with van der Waals surface area (Å²) in [5, 5.41) is 2.43. The number of imide groups is 1. The van der Waals surface area contributed by atoms with Crippen molar-refractivity contribution in [3.05, 3.63) is 29.8 Å². The van der Waals surface area contributed by atoms with Crippen LogP contribution in [0, 0.1) is 11.3 Å². The van der Waals surface area contributed by atoms with E-state index >= 15 is 0 Å². The summed E-state index contributed by atoms with van der Waals surface area (Å²) in [6, 6.07) is 8.43. The Morgan fingerprint density at radius 2 is 1.61 bits per heavy atom. The molecule has 1 N–H and O–H groups in total. The molecule has 1 aliphatic carbocycles. The average Bonchev–Trinajstić information content (AvgIpc) is 2.88. The van der Waals surface area contributed by atoms with E-state index < -0.39 is 11.0 Å². The van der Waals surface area contributed by atoms with E-state index in [1.165, 1.54) is 0 Å². The first-order chi connectivity index (χ1) is 17.9. The van der Waals surface area contributed by atoms with Crippen LogP contribution >= 0.6 is 0 Å². The summed E-state index contributed by atoms with van der Waals surface area (Å²) in [7, 11) is 2.09. The zero-order valence-electron chi connectivity index (χ0n) is 23.5. The quantitative estimate of drug-likeness (QED) is 0.458. The van der Waals surface area contributed by atoms with Gasteiger partial charge in [-0.2, -0.15) is 0 Å². The molecule has 3 amide bonds.